The summed E-state index contributed by atoms with van der Waals surface area (Å²) < 4.78 is 55.8. The van der Waals surface area contributed by atoms with E-state index in [0.717, 1.165) is 10.6 Å². The molecule has 3 rings (SSSR count). The average molecular weight is 410 g/mol. The van der Waals surface area contributed by atoms with Gasteiger partial charge in [-0.3, -0.25) is 4.79 Å². The topological polar surface area (TPSA) is 64.2 Å². The third kappa shape index (κ3) is 4.09. The minimum Gasteiger partial charge on any atom is -0.389 e. The smallest absolute Gasteiger partial charge is 0.389 e. The van der Waals surface area contributed by atoms with Crippen LogP contribution >= 0.6 is 0 Å². The van der Waals surface area contributed by atoms with Crippen LogP contribution in [0.1, 0.15) is 19.4 Å². The van der Waals surface area contributed by atoms with E-state index in [1.54, 1.807) is 24.5 Å². The first-order valence-electron chi connectivity index (χ1n) is 8.68. The fourth-order valence-corrected chi connectivity index (χ4v) is 3.25. The number of fused-ring (bicyclic) bond motifs is 1. The van der Waals surface area contributed by atoms with E-state index in [4.69, 9.17) is 0 Å². The molecule has 0 spiro atoms. The van der Waals surface area contributed by atoms with Crippen LogP contribution in [0.2, 0.25) is 0 Å². The molecule has 0 aliphatic rings. The summed E-state index contributed by atoms with van der Waals surface area (Å²) in [5.41, 5.74) is -2.65. The van der Waals surface area contributed by atoms with Crippen LogP contribution < -0.4 is 5.56 Å². The highest BCUT2D eigenvalue weighted by atomic mass is 19.4. The molecule has 0 radical (unpaired) electrons. The van der Waals surface area contributed by atoms with Crippen LogP contribution in [0.3, 0.4) is 0 Å². The Morgan fingerprint density at radius 2 is 1.83 bits per heavy atom. The second-order valence-corrected chi connectivity index (χ2v) is 7.38. The maximum absolute atomic E-state index is 13.7. The van der Waals surface area contributed by atoms with Crippen molar-refractivity contribution >= 4 is 17.2 Å². The number of aromatic nitrogens is 2. The van der Waals surface area contributed by atoms with Gasteiger partial charge in [0.2, 0.25) is 0 Å². The molecular formula is C20H18F4N2O3. The first-order chi connectivity index (χ1) is 13.4. The fraction of sp³-hybridized carbons (Fsp3) is 0.300. The van der Waals surface area contributed by atoms with Gasteiger partial charge in [-0.15, -0.1) is 0 Å². The number of nitrogens with zero attached hydrogens (tertiary/aromatic N) is 2. The van der Waals surface area contributed by atoms with Crippen molar-refractivity contribution in [1.82, 2.24) is 9.13 Å². The molecule has 0 fully saturated rings. The Balaban J connectivity index is 2.33. The summed E-state index contributed by atoms with van der Waals surface area (Å²) in [7, 11) is 0. The normalized spacial score (nSPS) is 12.5. The Bertz CT molecular complexity index is 1140. The van der Waals surface area contributed by atoms with E-state index >= 15 is 0 Å². The molecule has 1 N–H and O–H groups in total. The molecule has 0 aliphatic heterocycles. The Morgan fingerprint density at radius 3 is 2.41 bits per heavy atom. The molecule has 2 aromatic heterocycles. The number of rotatable bonds is 5. The number of hydrogen-bond acceptors (Lipinski definition) is 3. The van der Waals surface area contributed by atoms with E-state index in [9.17, 15) is 32.3 Å². The molecule has 5 nitrogen and oxygen atoms in total. The molecule has 0 atom stereocenters. The molecule has 1 aromatic carbocycles. The number of halogens is 4. The van der Waals surface area contributed by atoms with Crippen molar-refractivity contribution in [1.29, 1.82) is 0 Å². The van der Waals surface area contributed by atoms with Gasteiger partial charge in [0.15, 0.2) is 0 Å². The third-order valence-electron chi connectivity index (χ3n) is 4.42. The van der Waals surface area contributed by atoms with Crippen LogP contribution in [0.25, 0.3) is 22.0 Å². The molecule has 0 saturated carbocycles. The van der Waals surface area contributed by atoms with Crippen LogP contribution in [0, 0.1) is 5.82 Å². The SMILES string of the molecule is CC(C)(O)Cn1cc(-c2ccc(F)c(C(F)(F)F)c2)c2c(=O)n(CC=O)ccc21. The lowest BCUT2D eigenvalue weighted by Gasteiger charge is -2.18. The number of carbonyl (C=O) groups is 1. The van der Waals surface area contributed by atoms with Gasteiger partial charge in [-0.1, -0.05) is 6.07 Å². The van der Waals surface area contributed by atoms with Crippen molar-refractivity contribution in [3.63, 3.8) is 0 Å². The van der Waals surface area contributed by atoms with Gasteiger partial charge >= 0.3 is 6.18 Å². The van der Waals surface area contributed by atoms with Crippen molar-refractivity contribution in [2.45, 2.75) is 38.7 Å². The van der Waals surface area contributed by atoms with Crippen molar-refractivity contribution in [2.75, 3.05) is 0 Å². The summed E-state index contributed by atoms with van der Waals surface area (Å²) in [5.74, 6) is -1.42. The Hall–Kier alpha value is -2.94. The largest absolute Gasteiger partial charge is 0.419 e. The van der Waals surface area contributed by atoms with Crippen LogP contribution in [0.4, 0.5) is 17.6 Å². The summed E-state index contributed by atoms with van der Waals surface area (Å²) in [6.45, 7) is 2.94. The fourth-order valence-electron chi connectivity index (χ4n) is 3.25. The number of pyridine rings is 1. The summed E-state index contributed by atoms with van der Waals surface area (Å²) in [6, 6.07) is 4.05. The van der Waals surface area contributed by atoms with Crippen molar-refractivity contribution < 1.29 is 27.5 Å². The van der Waals surface area contributed by atoms with Crippen molar-refractivity contribution in [3.8, 4) is 11.1 Å². The maximum Gasteiger partial charge on any atom is 0.419 e. The Kier molecular flexibility index (Phi) is 5.12. The summed E-state index contributed by atoms with van der Waals surface area (Å²) in [4.78, 5) is 23.7. The number of hydrogen-bond donors (Lipinski definition) is 1. The van der Waals surface area contributed by atoms with E-state index < -0.39 is 28.7 Å². The van der Waals surface area contributed by atoms with Crippen LogP contribution in [-0.2, 0) is 24.1 Å². The lowest BCUT2D eigenvalue weighted by Crippen LogP contribution is -2.26. The van der Waals surface area contributed by atoms with Gasteiger partial charge in [0.05, 0.1) is 35.2 Å². The van der Waals surface area contributed by atoms with Crippen LogP contribution in [0.15, 0.2) is 41.5 Å². The van der Waals surface area contributed by atoms with Crippen molar-refractivity contribution in [3.05, 3.63) is 58.4 Å². The predicted molar refractivity (Wildman–Crippen MR) is 99.0 cm³/mol. The number of alkyl halides is 3. The predicted octanol–water partition coefficient (Wildman–Crippen LogP) is 3.60. The monoisotopic (exact) mass is 410 g/mol. The standard InChI is InChI=1S/C20H18F4N2O3/c1-19(2,29)11-26-10-13(12-3-4-15(21)14(9-12)20(22,23)24)17-16(26)5-6-25(7-8-27)18(17)28/h3-6,8-10,29H,7,11H2,1-2H3. The minimum absolute atomic E-state index is 0.000765. The van der Waals surface area contributed by atoms with E-state index in [1.165, 1.54) is 12.4 Å². The van der Waals surface area contributed by atoms with Gasteiger partial charge in [-0.25, -0.2) is 4.39 Å². The zero-order valence-corrected chi connectivity index (χ0v) is 15.6. The molecule has 0 aliphatic carbocycles. The van der Waals surface area contributed by atoms with Gasteiger partial charge in [0, 0.05) is 18.0 Å². The molecular weight excluding hydrogens is 392 g/mol. The molecule has 0 amide bonds. The van der Waals surface area contributed by atoms with E-state index in [0.29, 0.717) is 23.9 Å². The lowest BCUT2D eigenvalue weighted by molar-refractivity contribution is -0.139. The molecule has 2 heterocycles. The number of aliphatic hydroxyl groups is 1. The van der Waals surface area contributed by atoms with Gasteiger partial charge in [0.25, 0.3) is 5.56 Å². The number of benzene rings is 1. The molecule has 0 saturated heterocycles. The molecule has 29 heavy (non-hydrogen) atoms. The highest BCUT2D eigenvalue weighted by Gasteiger charge is 2.34. The molecule has 154 valence electrons. The van der Waals surface area contributed by atoms with E-state index in [-0.39, 0.29) is 29.6 Å². The van der Waals surface area contributed by atoms with Gasteiger partial charge < -0.3 is 19.0 Å². The first-order valence-corrected chi connectivity index (χ1v) is 8.68. The lowest BCUT2D eigenvalue weighted by atomic mass is 10.0. The zero-order valence-electron chi connectivity index (χ0n) is 15.6. The highest BCUT2D eigenvalue weighted by Crippen LogP contribution is 2.36. The Labute approximate surface area is 162 Å². The zero-order chi connectivity index (χ0) is 21.6. The van der Waals surface area contributed by atoms with Gasteiger partial charge in [-0.2, -0.15) is 13.2 Å². The molecule has 0 unspecified atom stereocenters. The van der Waals surface area contributed by atoms with E-state index in [2.05, 4.69) is 0 Å². The summed E-state index contributed by atoms with van der Waals surface area (Å²) in [5, 5.41) is 10.2. The third-order valence-corrected chi connectivity index (χ3v) is 4.42. The summed E-state index contributed by atoms with van der Waals surface area (Å²) in [6.07, 6.45) is -1.53. The number of carbonyl (C=O) groups excluding carboxylic acids is 1. The molecule has 9 heteroatoms. The maximum atomic E-state index is 13.7. The van der Waals surface area contributed by atoms with Gasteiger partial charge in [0.1, 0.15) is 12.1 Å². The second-order valence-electron chi connectivity index (χ2n) is 7.38. The quantitative estimate of drug-likeness (QED) is 0.517. The van der Waals surface area contributed by atoms with Crippen molar-refractivity contribution in [2.24, 2.45) is 0 Å². The first kappa shape index (κ1) is 20.8. The number of aldehydes is 1. The van der Waals surface area contributed by atoms with Crippen LogP contribution in [-0.4, -0.2) is 26.1 Å². The highest BCUT2D eigenvalue weighted by molar-refractivity contribution is 5.95. The average Bonchev–Trinajstić information content (AvgIpc) is 2.94. The minimum atomic E-state index is -4.90. The van der Waals surface area contributed by atoms with E-state index in [1.807, 2.05) is 0 Å². The van der Waals surface area contributed by atoms with Gasteiger partial charge in [-0.05, 0) is 37.6 Å². The van der Waals surface area contributed by atoms with Crippen LogP contribution in [0.5, 0.6) is 0 Å². The Morgan fingerprint density at radius 1 is 1.14 bits per heavy atom. The molecule has 0 bridgehead atoms. The second kappa shape index (κ2) is 7.14. The molecule has 3 aromatic rings. The summed E-state index contributed by atoms with van der Waals surface area (Å²) >= 11 is 0.